The molecule has 0 saturated carbocycles. The highest BCUT2D eigenvalue weighted by Crippen LogP contribution is 2.43. The van der Waals surface area contributed by atoms with Gasteiger partial charge in [0, 0.05) is 12.6 Å². The number of amides is 1. The van der Waals surface area contributed by atoms with Crippen LogP contribution in [-0.2, 0) is 0 Å². The minimum Gasteiger partial charge on any atom is -0.507 e. The summed E-state index contributed by atoms with van der Waals surface area (Å²) in [4.78, 5) is 12.4. The van der Waals surface area contributed by atoms with Gasteiger partial charge in [0.1, 0.15) is 23.9 Å². The minimum absolute atomic E-state index is 0.0201. The second kappa shape index (κ2) is 8.18. The van der Waals surface area contributed by atoms with E-state index >= 15 is 0 Å². The van der Waals surface area contributed by atoms with Gasteiger partial charge in [-0.1, -0.05) is 28.9 Å². The van der Waals surface area contributed by atoms with Gasteiger partial charge < -0.3 is 24.8 Å². The molecule has 2 aromatic carbocycles. The van der Waals surface area contributed by atoms with Crippen molar-refractivity contribution in [3.05, 3.63) is 47.1 Å². The van der Waals surface area contributed by atoms with Gasteiger partial charge in [-0.05, 0) is 23.8 Å². The number of ether oxygens (including phenoxy) is 1. The van der Waals surface area contributed by atoms with Gasteiger partial charge in [-0.15, -0.1) is 0 Å². The van der Waals surface area contributed by atoms with E-state index in [4.69, 9.17) is 20.9 Å². The van der Waals surface area contributed by atoms with Crippen molar-refractivity contribution in [2.24, 2.45) is 0 Å². The van der Waals surface area contributed by atoms with Crippen LogP contribution in [0.3, 0.4) is 0 Å². The van der Waals surface area contributed by atoms with E-state index in [0.717, 1.165) is 6.07 Å². The molecule has 1 amide bonds. The maximum absolute atomic E-state index is 12.4. The predicted molar refractivity (Wildman–Crippen MR) is 101 cm³/mol. The molecule has 0 fully saturated rings. The average Bonchev–Trinajstić information content (AvgIpc) is 3.13. The molecule has 0 bridgehead atoms. The molecular formula is C19H16ClFN2O5. The third-order valence-electron chi connectivity index (χ3n) is 3.98. The third-order valence-corrected chi connectivity index (χ3v) is 4.28. The van der Waals surface area contributed by atoms with E-state index in [9.17, 15) is 19.4 Å². The molecule has 0 radical (unpaired) electrons. The van der Waals surface area contributed by atoms with Gasteiger partial charge >= 0.3 is 0 Å². The minimum atomic E-state index is -0.733. The van der Waals surface area contributed by atoms with E-state index in [0.29, 0.717) is 11.3 Å². The molecule has 0 atom stereocenters. The molecule has 1 aromatic heterocycles. The molecule has 28 heavy (non-hydrogen) atoms. The summed E-state index contributed by atoms with van der Waals surface area (Å²) in [5, 5.41) is 26.1. The second-order valence-electron chi connectivity index (χ2n) is 5.73. The molecule has 3 aromatic rings. The Morgan fingerprint density at radius 1 is 1.25 bits per heavy atom. The molecule has 1 heterocycles. The zero-order chi connectivity index (χ0) is 20.3. The van der Waals surface area contributed by atoms with Crippen molar-refractivity contribution in [3.8, 4) is 39.7 Å². The van der Waals surface area contributed by atoms with Crippen LogP contribution in [-0.4, -0.2) is 41.6 Å². The smallest absolute Gasteiger partial charge is 0.274 e. The van der Waals surface area contributed by atoms with E-state index in [-0.39, 0.29) is 45.6 Å². The molecule has 0 saturated heterocycles. The fourth-order valence-corrected chi connectivity index (χ4v) is 2.80. The number of methoxy groups -OCH3 is 1. The third kappa shape index (κ3) is 3.72. The molecule has 9 heteroatoms. The largest absolute Gasteiger partial charge is 0.507 e. The lowest BCUT2D eigenvalue weighted by Gasteiger charge is -2.08. The molecule has 3 rings (SSSR count). The number of carbonyl (C=O) groups excluding carboxylic acids is 1. The number of hydrogen-bond donors (Lipinski definition) is 3. The molecule has 0 aliphatic heterocycles. The highest BCUT2D eigenvalue weighted by atomic mass is 35.5. The van der Waals surface area contributed by atoms with Crippen molar-refractivity contribution in [2.45, 2.75) is 0 Å². The number of aromatic nitrogens is 1. The van der Waals surface area contributed by atoms with Gasteiger partial charge in [0.25, 0.3) is 5.91 Å². The Bertz CT molecular complexity index is 1000. The molecule has 146 valence electrons. The number of phenols is 2. The summed E-state index contributed by atoms with van der Waals surface area (Å²) in [5.41, 5.74) is 0.866. The van der Waals surface area contributed by atoms with Crippen molar-refractivity contribution in [3.63, 3.8) is 0 Å². The quantitative estimate of drug-likeness (QED) is 0.575. The number of phenolic OH excluding ortho intramolecular Hbond substituents is 2. The Morgan fingerprint density at radius 2 is 1.96 bits per heavy atom. The van der Waals surface area contributed by atoms with Crippen LogP contribution in [0.25, 0.3) is 22.5 Å². The Labute approximate surface area is 164 Å². The van der Waals surface area contributed by atoms with Crippen molar-refractivity contribution in [1.82, 2.24) is 10.5 Å². The SMILES string of the molecule is COc1ccc(-c2c(C(=O)NCCF)noc2-c2cc(Cl)c(O)cc2O)cc1. The first-order valence-corrected chi connectivity index (χ1v) is 8.54. The van der Waals surface area contributed by atoms with Crippen LogP contribution in [0.1, 0.15) is 10.5 Å². The lowest BCUT2D eigenvalue weighted by Crippen LogP contribution is -2.26. The molecule has 0 aliphatic carbocycles. The lowest BCUT2D eigenvalue weighted by atomic mass is 9.98. The number of rotatable bonds is 6. The van der Waals surface area contributed by atoms with E-state index in [1.54, 1.807) is 24.3 Å². The molecular weight excluding hydrogens is 391 g/mol. The normalized spacial score (nSPS) is 10.7. The maximum atomic E-state index is 12.4. The summed E-state index contributed by atoms with van der Waals surface area (Å²) in [6, 6.07) is 9.07. The first-order valence-electron chi connectivity index (χ1n) is 8.16. The lowest BCUT2D eigenvalue weighted by molar-refractivity contribution is 0.0942. The Balaban J connectivity index is 2.19. The van der Waals surface area contributed by atoms with Crippen LogP contribution in [0.2, 0.25) is 5.02 Å². The molecule has 0 unspecified atom stereocenters. The van der Waals surface area contributed by atoms with E-state index in [2.05, 4.69) is 10.5 Å². The van der Waals surface area contributed by atoms with Crippen molar-refractivity contribution in [2.75, 3.05) is 20.3 Å². The van der Waals surface area contributed by atoms with Crippen LogP contribution in [0.4, 0.5) is 4.39 Å². The van der Waals surface area contributed by atoms with Gasteiger partial charge in [0.05, 0.1) is 23.3 Å². The number of aromatic hydroxyl groups is 2. The van der Waals surface area contributed by atoms with Crippen molar-refractivity contribution in [1.29, 1.82) is 0 Å². The summed E-state index contributed by atoms with van der Waals surface area (Å²) < 4.78 is 22.9. The summed E-state index contributed by atoms with van der Waals surface area (Å²) in [6.07, 6.45) is 0. The Kier molecular flexibility index (Phi) is 5.70. The maximum Gasteiger partial charge on any atom is 0.274 e. The van der Waals surface area contributed by atoms with Crippen molar-refractivity contribution >= 4 is 17.5 Å². The average molecular weight is 407 g/mol. The summed E-state index contributed by atoms with van der Waals surface area (Å²) in [5.74, 6) is -0.601. The molecule has 0 aliphatic rings. The van der Waals surface area contributed by atoms with Crippen LogP contribution >= 0.6 is 11.6 Å². The summed E-state index contributed by atoms with van der Waals surface area (Å²) >= 11 is 5.95. The van der Waals surface area contributed by atoms with Crippen molar-refractivity contribution < 1.29 is 28.7 Å². The monoisotopic (exact) mass is 406 g/mol. The first kappa shape index (κ1) is 19.5. The Morgan fingerprint density at radius 3 is 2.61 bits per heavy atom. The van der Waals surface area contributed by atoms with E-state index in [1.165, 1.54) is 13.2 Å². The number of nitrogens with one attached hydrogen (secondary N) is 1. The van der Waals surface area contributed by atoms with Crippen LogP contribution in [0.5, 0.6) is 17.2 Å². The number of hydrogen-bond acceptors (Lipinski definition) is 6. The Hall–Kier alpha value is -3.26. The number of benzene rings is 2. The number of carbonyl (C=O) groups is 1. The van der Waals surface area contributed by atoms with Crippen LogP contribution in [0.15, 0.2) is 40.9 Å². The van der Waals surface area contributed by atoms with Gasteiger partial charge in [-0.2, -0.15) is 0 Å². The second-order valence-corrected chi connectivity index (χ2v) is 6.14. The standard InChI is InChI=1S/C19H16ClFN2O5/c1-27-11-4-2-10(3-5-11)16-17(19(26)22-7-6-21)23-28-18(16)12-8-13(20)15(25)9-14(12)24/h2-5,8-9,24-25H,6-7H2,1H3,(H,22,26). The highest BCUT2D eigenvalue weighted by Gasteiger charge is 2.26. The molecule has 3 N–H and O–H groups in total. The van der Waals surface area contributed by atoms with Gasteiger partial charge in [0.15, 0.2) is 11.5 Å². The predicted octanol–water partition coefficient (Wildman–Crippen LogP) is 3.78. The summed E-state index contributed by atoms with van der Waals surface area (Å²) in [6.45, 7) is -0.915. The zero-order valence-electron chi connectivity index (χ0n) is 14.7. The van der Waals surface area contributed by atoms with Gasteiger partial charge in [-0.3, -0.25) is 4.79 Å². The number of nitrogens with zero attached hydrogens (tertiary/aromatic N) is 1. The molecule has 7 nitrogen and oxygen atoms in total. The fraction of sp³-hybridized carbons (Fsp3) is 0.158. The fourth-order valence-electron chi connectivity index (χ4n) is 2.63. The van der Waals surface area contributed by atoms with Gasteiger partial charge in [-0.25, -0.2) is 4.39 Å². The summed E-state index contributed by atoms with van der Waals surface area (Å²) in [7, 11) is 1.52. The van der Waals surface area contributed by atoms with E-state index < -0.39 is 12.6 Å². The number of alkyl halides is 1. The zero-order valence-corrected chi connectivity index (χ0v) is 15.5. The van der Waals surface area contributed by atoms with Gasteiger partial charge in [0.2, 0.25) is 0 Å². The van der Waals surface area contributed by atoms with Crippen LogP contribution < -0.4 is 10.1 Å². The highest BCUT2D eigenvalue weighted by molar-refractivity contribution is 6.32. The topological polar surface area (TPSA) is 105 Å². The first-order chi connectivity index (χ1) is 13.5. The molecule has 0 spiro atoms. The van der Waals surface area contributed by atoms with Crippen LogP contribution in [0, 0.1) is 0 Å². The number of halogens is 2. The van der Waals surface area contributed by atoms with E-state index in [1.807, 2.05) is 0 Å².